The highest BCUT2D eigenvalue weighted by Gasteiger charge is 2.57. The lowest BCUT2D eigenvalue weighted by Gasteiger charge is -2.40. The first-order valence-electron chi connectivity index (χ1n) is 28.0. The number of esters is 1. The number of carbonyl (C=O) groups excluding carboxylic acids is 5. The highest BCUT2D eigenvalue weighted by atomic mass is 16.5. The molecule has 2 aliphatic carbocycles. The van der Waals surface area contributed by atoms with Crippen LogP contribution in [0.2, 0.25) is 0 Å². The number of hydrogen-bond acceptors (Lipinski definition) is 13. The van der Waals surface area contributed by atoms with Gasteiger partial charge in [-0.15, -0.1) is 0 Å². The van der Waals surface area contributed by atoms with Crippen LogP contribution in [0.15, 0.2) is 48.7 Å². The third-order valence-electron chi connectivity index (χ3n) is 17.5. The molecule has 10 rings (SSSR count). The van der Waals surface area contributed by atoms with Crippen LogP contribution in [0, 0.1) is 22.7 Å². The number of nitrogens with one attached hydrogen (secondary N) is 3. The van der Waals surface area contributed by atoms with Gasteiger partial charge < -0.3 is 44.1 Å². The van der Waals surface area contributed by atoms with Gasteiger partial charge in [0, 0.05) is 94.8 Å². The summed E-state index contributed by atoms with van der Waals surface area (Å²) in [5.41, 5.74) is 10.5. The summed E-state index contributed by atoms with van der Waals surface area (Å²) >= 11 is 0. The fraction of sp³-hybridized carbons (Fsp3) is 0.593. The van der Waals surface area contributed by atoms with E-state index in [0.717, 1.165) is 102 Å². The number of hydrazine groups is 1. The number of methoxy groups -OCH3 is 1. The topological polar surface area (TPSA) is 204 Å². The molecule has 4 amide bonds. The van der Waals surface area contributed by atoms with Crippen LogP contribution >= 0.6 is 0 Å². The van der Waals surface area contributed by atoms with Crippen molar-refractivity contribution >= 4 is 46.2 Å². The summed E-state index contributed by atoms with van der Waals surface area (Å²) in [6.45, 7) is 16.6. The number of amides is 4. The van der Waals surface area contributed by atoms with Crippen LogP contribution in [0.4, 0.5) is 5.69 Å². The van der Waals surface area contributed by atoms with E-state index >= 15 is 4.79 Å². The zero-order chi connectivity index (χ0) is 54.8. The number of carbonyl (C=O) groups is 5. The smallest absolute Gasteiger partial charge is 0.325 e. The zero-order valence-electron chi connectivity index (χ0n) is 46.8. The fourth-order valence-electron chi connectivity index (χ4n) is 12.4. The van der Waals surface area contributed by atoms with Crippen molar-refractivity contribution in [3.8, 4) is 28.1 Å². The fourth-order valence-corrected chi connectivity index (χ4v) is 12.4. The molecule has 18 heteroatoms. The summed E-state index contributed by atoms with van der Waals surface area (Å²) in [4.78, 5) is 84.3. The minimum atomic E-state index is -1.18. The van der Waals surface area contributed by atoms with E-state index in [2.05, 4.69) is 82.5 Å². The lowest BCUT2D eigenvalue weighted by atomic mass is 9.83. The van der Waals surface area contributed by atoms with Crippen molar-refractivity contribution in [3.05, 3.63) is 65.5 Å². The van der Waals surface area contributed by atoms with Gasteiger partial charge in [0.25, 0.3) is 5.91 Å². The molecular weight excluding hydrogens is 977 g/mol. The van der Waals surface area contributed by atoms with Gasteiger partial charge in [0.05, 0.1) is 42.5 Å². The van der Waals surface area contributed by atoms with Crippen LogP contribution in [0.1, 0.15) is 96.6 Å². The first kappa shape index (κ1) is 54.3. The Morgan fingerprint density at radius 1 is 0.974 bits per heavy atom. The normalized spacial score (nSPS) is 24.0. The highest BCUT2D eigenvalue weighted by molar-refractivity contribution is 5.97. The predicted molar refractivity (Wildman–Crippen MR) is 295 cm³/mol. The Morgan fingerprint density at radius 3 is 2.39 bits per heavy atom. The molecule has 2 aromatic heterocycles. The third-order valence-corrected chi connectivity index (χ3v) is 17.5. The molecule has 0 radical (unpaired) electrons. The lowest BCUT2D eigenvalue weighted by Crippen LogP contribution is -2.64. The second-order valence-corrected chi connectivity index (χ2v) is 24.3. The molecule has 2 aromatic carbocycles. The number of cyclic esters (lactones) is 1. The largest absolute Gasteiger partial charge is 0.508 e. The maximum atomic E-state index is 15.1. The van der Waals surface area contributed by atoms with Gasteiger partial charge >= 0.3 is 5.97 Å². The third kappa shape index (κ3) is 11.0. The molecule has 6 bridgehead atoms. The van der Waals surface area contributed by atoms with E-state index in [1.165, 1.54) is 14.8 Å². The molecule has 5 fully saturated rings. The predicted octanol–water partition coefficient (Wildman–Crippen LogP) is 5.29. The second kappa shape index (κ2) is 21.3. The van der Waals surface area contributed by atoms with Gasteiger partial charge in [0.2, 0.25) is 17.7 Å². The number of phenolic OH excluding ortho intramolecular Hbond substituents is 1. The number of piperazine rings is 1. The van der Waals surface area contributed by atoms with Crippen molar-refractivity contribution in [1.29, 1.82) is 0 Å². The number of anilines is 1. The molecule has 6 unspecified atom stereocenters. The number of likely N-dealkylation sites (N-methyl/N-ethyl adjacent to an activating group) is 3. The standard InChI is InChI=1S/C59H80N10O8/c1-11-68-46-15-14-38-28-42(46)44(52(68)43-29-40(31-60-48(43)35(4)76-10)67-22-20-64(7)21-23-67)30-58(5,6)33-77-57(75)53-59(16-17-59)18-19-69(63-53)55(73)45(26-36-24-39(38)27-41(70)25-36)61-54(72)51(34(2)3)66(9)47(71)32-65(8)56(74)50-49(62-50)37-12-13-37/h14-15,24-25,27-29,31,34-35,37,45,49-51,53,62-63,70H,11-13,16-23,26,30,32-33H2,1-10H3,(H,61,72). The molecule has 2 saturated carbocycles. The number of pyridine rings is 1. The molecule has 6 atom stereocenters. The van der Waals surface area contributed by atoms with Crippen molar-refractivity contribution in [1.82, 2.24) is 45.3 Å². The lowest BCUT2D eigenvalue weighted by molar-refractivity contribution is -0.159. The minimum absolute atomic E-state index is 0.00817. The number of aryl methyl sites for hydroxylation is 1. The van der Waals surface area contributed by atoms with Gasteiger partial charge in [-0.1, -0.05) is 39.8 Å². The molecule has 4 aromatic rings. The number of fused-ring (bicyclic) bond motifs is 7. The van der Waals surface area contributed by atoms with E-state index in [9.17, 15) is 24.3 Å². The summed E-state index contributed by atoms with van der Waals surface area (Å²) in [6, 6.07) is 10.8. The van der Waals surface area contributed by atoms with Gasteiger partial charge in [-0.05, 0) is 129 Å². The number of aromatic nitrogens is 2. The Hall–Kier alpha value is -6.08. The molecule has 4 aliphatic heterocycles. The van der Waals surface area contributed by atoms with Crippen LogP contribution < -0.4 is 21.0 Å². The maximum absolute atomic E-state index is 15.1. The zero-order valence-corrected chi connectivity index (χ0v) is 46.8. The van der Waals surface area contributed by atoms with Crippen LogP contribution in [0.5, 0.6) is 5.75 Å². The highest BCUT2D eigenvalue weighted by Crippen LogP contribution is 2.54. The average molecular weight is 1060 g/mol. The molecule has 414 valence electrons. The van der Waals surface area contributed by atoms with Crippen molar-refractivity contribution in [2.24, 2.45) is 22.7 Å². The van der Waals surface area contributed by atoms with Crippen LogP contribution in [0.25, 0.3) is 33.3 Å². The molecule has 3 saturated heterocycles. The quantitative estimate of drug-likeness (QED) is 0.0996. The van der Waals surface area contributed by atoms with Crippen molar-refractivity contribution in [2.45, 2.75) is 129 Å². The summed E-state index contributed by atoms with van der Waals surface area (Å²) in [5, 5.41) is 20.3. The van der Waals surface area contributed by atoms with Crippen molar-refractivity contribution in [3.63, 3.8) is 0 Å². The Kier molecular flexibility index (Phi) is 15.0. The summed E-state index contributed by atoms with van der Waals surface area (Å²) < 4.78 is 14.7. The van der Waals surface area contributed by atoms with E-state index in [0.29, 0.717) is 37.4 Å². The summed E-state index contributed by atoms with van der Waals surface area (Å²) in [6.07, 6.45) is 6.54. The van der Waals surface area contributed by atoms with Crippen LogP contribution in [-0.4, -0.2) is 168 Å². The van der Waals surface area contributed by atoms with E-state index in [1.54, 1.807) is 33.3 Å². The summed E-state index contributed by atoms with van der Waals surface area (Å²) in [7, 11) is 7.02. The number of nitrogens with zero attached hydrogens (tertiary/aromatic N) is 7. The first-order chi connectivity index (χ1) is 36.7. The Morgan fingerprint density at radius 2 is 1.71 bits per heavy atom. The maximum Gasteiger partial charge on any atom is 0.325 e. The van der Waals surface area contributed by atoms with E-state index in [4.69, 9.17) is 14.5 Å². The molecule has 1 spiro atoms. The monoisotopic (exact) mass is 1060 g/mol. The summed E-state index contributed by atoms with van der Waals surface area (Å²) in [5.74, 6) is -1.88. The van der Waals surface area contributed by atoms with Gasteiger partial charge in [0.15, 0.2) is 0 Å². The molecule has 6 aliphatic rings. The number of rotatable bonds is 13. The van der Waals surface area contributed by atoms with Crippen LogP contribution in [-0.2, 0) is 52.8 Å². The first-order valence-corrected chi connectivity index (χ1v) is 28.0. The van der Waals surface area contributed by atoms with Gasteiger partial charge in [-0.25, -0.2) is 5.43 Å². The number of benzene rings is 2. The van der Waals surface area contributed by atoms with E-state index in [-0.39, 0.29) is 60.7 Å². The molecular formula is C59H80N10O8. The number of hydrogen-bond donors (Lipinski definition) is 4. The van der Waals surface area contributed by atoms with Gasteiger partial charge in [-0.3, -0.25) is 39.3 Å². The molecule has 4 N–H and O–H groups in total. The Labute approximate surface area is 453 Å². The number of ether oxygens (including phenoxy) is 2. The SMILES string of the molecule is CCn1c(-c2cc(N3CCN(C)CC3)cnc2C(C)OC)c2c3cc(ccc31)-c1cc(O)cc(c1)CC(NC(=O)C(C(C)C)N(C)C(=O)CN(C)C(=O)C1NC1C1CC1)C(=O)N1CCC3(CC3)C(N1)C(=O)OCC(C)(C)C2. The van der Waals surface area contributed by atoms with Crippen LogP contribution in [0.3, 0.4) is 0 Å². The molecule has 6 heterocycles. The Bertz CT molecular complexity index is 2940. The van der Waals surface area contributed by atoms with Gasteiger partial charge in [-0.2, -0.15) is 0 Å². The minimum Gasteiger partial charge on any atom is -0.508 e. The molecule has 18 nitrogen and oxygen atoms in total. The van der Waals surface area contributed by atoms with Crippen molar-refractivity contribution in [2.75, 3.05) is 79.0 Å². The number of phenols is 1. The van der Waals surface area contributed by atoms with E-state index in [1.807, 2.05) is 33.0 Å². The Balaban J connectivity index is 1.03. The second-order valence-electron chi connectivity index (χ2n) is 24.3. The molecule has 77 heavy (non-hydrogen) atoms. The van der Waals surface area contributed by atoms with Crippen molar-refractivity contribution < 1.29 is 38.6 Å². The number of aromatic hydroxyl groups is 1. The average Bonchev–Trinajstić information content (AvgIpc) is 4.33. The van der Waals surface area contributed by atoms with Gasteiger partial charge in [0.1, 0.15) is 29.9 Å². The van der Waals surface area contributed by atoms with E-state index < -0.39 is 47.2 Å².